The Labute approximate surface area is 47.3 Å². The zero-order chi connectivity index (χ0) is 5.70. The molecular weight excluding hydrogens is 114 g/mol. The van der Waals surface area contributed by atoms with E-state index in [4.69, 9.17) is 5.11 Å². The molecule has 1 unspecified atom stereocenters. The van der Waals surface area contributed by atoms with Gasteiger partial charge in [-0.1, -0.05) is 12.2 Å². The van der Waals surface area contributed by atoms with Gasteiger partial charge >= 0.3 is 0 Å². The van der Waals surface area contributed by atoms with Gasteiger partial charge in [-0.25, -0.2) is 0 Å². The molecule has 1 atom stereocenters. The van der Waals surface area contributed by atoms with E-state index < -0.39 is 6.41 Å². The van der Waals surface area contributed by atoms with E-state index in [1.807, 2.05) is 0 Å². The monoisotopic (exact) mass is 121 g/mol. The first kappa shape index (κ1) is 6.81. The summed E-state index contributed by atoms with van der Waals surface area (Å²) in [5.41, 5.74) is 1.19. The Bertz CT molecular complexity index is 58.9. The molecule has 0 heterocycles. The van der Waals surface area contributed by atoms with Crippen LogP contribution in [-0.4, -0.2) is 24.1 Å². The van der Waals surface area contributed by atoms with E-state index in [0.717, 1.165) is 0 Å². The number of hydrogen-bond acceptors (Lipinski definition) is 3. The first-order valence-electron chi connectivity index (χ1n) is 1.72. The molecule has 0 aromatic heterocycles. The maximum absolute atomic E-state index is 8.43. The molecule has 0 saturated carbocycles. The highest BCUT2D eigenvalue weighted by molar-refractivity contribution is 7.78. The predicted molar refractivity (Wildman–Crippen MR) is 29.8 cm³/mol. The number of aliphatic hydroxyl groups excluding tert-OH is 1. The molecule has 7 heavy (non-hydrogen) atoms. The second-order valence-electron chi connectivity index (χ2n) is 0.873. The van der Waals surface area contributed by atoms with Gasteiger partial charge in [-0.2, -0.15) is 0 Å². The fourth-order valence-electron chi connectivity index (χ4n) is 0.126. The molecule has 3 nitrogen and oxygen atoms in total. The minimum Gasteiger partial charge on any atom is -0.351 e. The van der Waals surface area contributed by atoms with Gasteiger partial charge in [0, 0.05) is 7.11 Å². The average Bonchev–Trinajstić information content (AvgIpc) is 1.68. The summed E-state index contributed by atoms with van der Waals surface area (Å²) in [5, 5.41) is 10.7. The Morgan fingerprint density at radius 1 is 2.00 bits per heavy atom. The van der Waals surface area contributed by atoms with Gasteiger partial charge in [0.1, 0.15) is 0 Å². The largest absolute Gasteiger partial charge is 0.351 e. The molecule has 42 valence electrons. The summed E-state index contributed by atoms with van der Waals surface area (Å²) in [6.07, 6.45) is -0.961. The maximum Gasteiger partial charge on any atom is 0.235 e. The van der Waals surface area contributed by atoms with E-state index in [0.29, 0.717) is 0 Å². The van der Waals surface area contributed by atoms with E-state index >= 15 is 0 Å². The van der Waals surface area contributed by atoms with Gasteiger partial charge in [0.2, 0.25) is 6.41 Å². The number of methoxy groups -OCH3 is 1. The van der Waals surface area contributed by atoms with Gasteiger partial charge in [-0.15, -0.1) is 0 Å². The van der Waals surface area contributed by atoms with Crippen LogP contribution in [0.1, 0.15) is 0 Å². The van der Waals surface area contributed by atoms with E-state index in [1.165, 1.54) is 12.6 Å². The van der Waals surface area contributed by atoms with Crippen molar-refractivity contribution in [1.29, 1.82) is 0 Å². The molecule has 0 aliphatic carbocycles. The van der Waals surface area contributed by atoms with Gasteiger partial charge in [0.05, 0.1) is 5.49 Å². The van der Waals surface area contributed by atoms with Crippen LogP contribution in [0.25, 0.3) is 0 Å². The zero-order valence-electron chi connectivity index (χ0n) is 3.92. The molecular formula is C3H7NO2S. The molecule has 0 saturated heterocycles. The van der Waals surface area contributed by atoms with Crippen LogP contribution in [0.15, 0.2) is 0 Å². The molecule has 0 spiro atoms. The van der Waals surface area contributed by atoms with Crippen molar-refractivity contribution in [2.24, 2.45) is 0 Å². The van der Waals surface area contributed by atoms with Crippen molar-refractivity contribution in [3.63, 3.8) is 0 Å². The summed E-state index contributed by atoms with van der Waals surface area (Å²) in [4.78, 5) is 0. The lowest BCUT2D eigenvalue weighted by molar-refractivity contribution is -0.0823. The molecule has 0 aromatic carbocycles. The molecule has 0 amide bonds. The lowest BCUT2D eigenvalue weighted by Gasteiger charge is -2.04. The standard InChI is InChI=1S/C3H7NO2S/c1-6-3(5)4-2-7/h2-3,5H,1H3,(H,4,7). The Morgan fingerprint density at radius 2 is 2.57 bits per heavy atom. The van der Waals surface area contributed by atoms with Gasteiger partial charge in [-0.05, 0) is 0 Å². The molecule has 0 aliphatic heterocycles. The fourth-order valence-corrected chi connectivity index (χ4v) is 0.243. The van der Waals surface area contributed by atoms with Gasteiger partial charge in [0.25, 0.3) is 0 Å². The molecule has 4 heteroatoms. The number of rotatable bonds is 3. The minimum atomic E-state index is -0.961. The summed E-state index contributed by atoms with van der Waals surface area (Å²) in [5.74, 6) is 0. The van der Waals surface area contributed by atoms with E-state index in [-0.39, 0.29) is 0 Å². The normalized spacial score (nSPS) is 12.9. The SMILES string of the molecule is COC(O)NC=S. The van der Waals surface area contributed by atoms with Gasteiger partial charge in [-0.3, -0.25) is 0 Å². The van der Waals surface area contributed by atoms with Crippen LogP contribution >= 0.6 is 12.2 Å². The predicted octanol–water partition coefficient (Wildman–Crippen LogP) is -0.544. The topological polar surface area (TPSA) is 41.5 Å². The Kier molecular flexibility index (Phi) is 3.87. The van der Waals surface area contributed by atoms with Crippen molar-refractivity contribution in [2.75, 3.05) is 7.11 Å². The number of nitrogens with one attached hydrogen (secondary N) is 1. The van der Waals surface area contributed by atoms with Crippen LogP contribution in [0, 0.1) is 0 Å². The molecule has 0 bridgehead atoms. The molecule has 0 aromatic rings. The summed E-state index contributed by atoms with van der Waals surface area (Å²) < 4.78 is 4.34. The number of thiocarbonyl (C=S) groups is 1. The highest BCUT2D eigenvalue weighted by Crippen LogP contribution is 1.69. The van der Waals surface area contributed by atoms with Crippen LogP contribution in [0.5, 0.6) is 0 Å². The van der Waals surface area contributed by atoms with Crippen LogP contribution in [0.2, 0.25) is 0 Å². The van der Waals surface area contributed by atoms with Crippen molar-refractivity contribution in [2.45, 2.75) is 6.41 Å². The van der Waals surface area contributed by atoms with Gasteiger partial charge in [0.15, 0.2) is 0 Å². The highest BCUT2D eigenvalue weighted by Gasteiger charge is 1.90. The number of aliphatic hydroxyl groups is 1. The van der Waals surface area contributed by atoms with Crippen LogP contribution < -0.4 is 5.32 Å². The van der Waals surface area contributed by atoms with Crippen LogP contribution in [0.3, 0.4) is 0 Å². The quantitative estimate of drug-likeness (QED) is 0.388. The molecule has 0 radical (unpaired) electrons. The first-order valence-corrected chi connectivity index (χ1v) is 2.19. The zero-order valence-corrected chi connectivity index (χ0v) is 4.73. The lowest BCUT2D eigenvalue weighted by Crippen LogP contribution is -2.27. The summed E-state index contributed by atoms with van der Waals surface area (Å²) >= 11 is 4.32. The third-order valence-electron chi connectivity index (χ3n) is 0.434. The van der Waals surface area contributed by atoms with Crippen molar-refractivity contribution in [3.05, 3.63) is 0 Å². The van der Waals surface area contributed by atoms with Crippen molar-refractivity contribution >= 4 is 17.7 Å². The first-order chi connectivity index (χ1) is 3.31. The van der Waals surface area contributed by atoms with Crippen molar-refractivity contribution < 1.29 is 9.84 Å². The molecule has 0 fully saturated rings. The van der Waals surface area contributed by atoms with E-state index in [2.05, 4.69) is 22.3 Å². The third kappa shape index (κ3) is 3.65. The second-order valence-corrected chi connectivity index (χ2v) is 1.11. The second kappa shape index (κ2) is 3.98. The van der Waals surface area contributed by atoms with E-state index in [9.17, 15) is 0 Å². The summed E-state index contributed by atoms with van der Waals surface area (Å²) in [6.45, 7) is 0. The Morgan fingerprint density at radius 3 is 2.71 bits per heavy atom. The number of hydrogen-bond donors (Lipinski definition) is 2. The minimum absolute atomic E-state index is 0.961. The molecule has 0 rings (SSSR count). The third-order valence-corrected chi connectivity index (χ3v) is 0.570. The average molecular weight is 121 g/mol. The maximum atomic E-state index is 8.43. The Balaban J connectivity index is 2.98. The number of ether oxygens (including phenoxy) is 1. The van der Waals surface area contributed by atoms with Crippen molar-refractivity contribution in [1.82, 2.24) is 5.32 Å². The fraction of sp³-hybridized carbons (Fsp3) is 0.667. The highest BCUT2D eigenvalue weighted by atomic mass is 32.1. The van der Waals surface area contributed by atoms with Gasteiger partial charge < -0.3 is 15.2 Å². The van der Waals surface area contributed by atoms with Crippen LogP contribution in [-0.2, 0) is 4.74 Å². The lowest BCUT2D eigenvalue weighted by atomic mass is 11.0. The Hall–Kier alpha value is -0.190. The van der Waals surface area contributed by atoms with Crippen molar-refractivity contribution in [3.8, 4) is 0 Å². The summed E-state index contributed by atoms with van der Waals surface area (Å²) in [7, 11) is 1.37. The van der Waals surface area contributed by atoms with E-state index in [1.54, 1.807) is 0 Å². The molecule has 2 N–H and O–H groups in total. The van der Waals surface area contributed by atoms with Crippen LogP contribution in [0.4, 0.5) is 0 Å². The molecule has 0 aliphatic rings. The smallest absolute Gasteiger partial charge is 0.235 e. The summed E-state index contributed by atoms with van der Waals surface area (Å²) in [6, 6.07) is 0.